The fourth-order valence-corrected chi connectivity index (χ4v) is 1.43. The number of furan rings is 1. The zero-order valence-electron chi connectivity index (χ0n) is 9.08. The van der Waals surface area contributed by atoms with Gasteiger partial charge in [0.15, 0.2) is 0 Å². The van der Waals surface area contributed by atoms with Gasteiger partial charge in [-0.05, 0) is 12.1 Å². The van der Waals surface area contributed by atoms with Gasteiger partial charge in [0.2, 0.25) is 5.91 Å². The van der Waals surface area contributed by atoms with Gasteiger partial charge in [0.25, 0.3) is 0 Å². The van der Waals surface area contributed by atoms with Crippen molar-refractivity contribution in [3.63, 3.8) is 0 Å². The van der Waals surface area contributed by atoms with E-state index in [0.717, 1.165) is 11.1 Å². The van der Waals surface area contributed by atoms with Gasteiger partial charge in [-0.15, -0.1) is 0 Å². The van der Waals surface area contributed by atoms with Gasteiger partial charge in [-0.25, -0.2) is 0 Å². The first-order chi connectivity index (χ1) is 7.83. The molecule has 1 amide bonds. The maximum Gasteiger partial charge on any atom is 0.220 e. The summed E-state index contributed by atoms with van der Waals surface area (Å²) in [5.74, 6) is 0.865. The van der Waals surface area contributed by atoms with Crippen LogP contribution < -0.4 is 5.32 Å². The van der Waals surface area contributed by atoms with Crippen molar-refractivity contribution in [2.45, 2.75) is 12.8 Å². The Morgan fingerprint density at radius 3 is 3.06 bits per heavy atom. The van der Waals surface area contributed by atoms with E-state index in [0.29, 0.717) is 32.6 Å². The molecule has 4 nitrogen and oxygen atoms in total. The van der Waals surface area contributed by atoms with Crippen LogP contribution in [0.1, 0.15) is 12.2 Å². The van der Waals surface area contributed by atoms with Crippen molar-refractivity contribution in [2.24, 2.45) is 0 Å². The van der Waals surface area contributed by atoms with E-state index >= 15 is 0 Å². The summed E-state index contributed by atoms with van der Waals surface area (Å²) < 4.78 is 10.3. The Balaban J connectivity index is 1.99. The number of carbonyl (C=O) groups excluding carboxylic acids is 1. The highest BCUT2D eigenvalue weighted by molar-refractivity contribution is 9.09. The minimum absolute atomic E-state index is 0.0267. The van der Waals surface area contributed by atoms with Crippen LogP contribution in [0.5, 0.6) is 0 Å². The van der Waals surface area contributed by atoms with Gasteiger partial charge in [0.1, 0.15) is 5.76 Å². The second-order valence-electron chi connectivity index (χ2n) is 3.23. The normalized spacial score (nSPS) is 10.3. The molecule has 0 saturated carbocycles. The molecule has 0 spiro atoms. The summed E-state index contributed by atoms with van der Waals surface area (Å²) in [7, 11) is 0. The summed E-state index contributed by atoms with van der Waals surface area (Å²) >= 11 is 3.25. The van der Waals surface area contributed by atoms with E-state index < -0.39 is 0 Å². The van der Waals surface area contributed by atoms with Crippen LogP contribution in [0.15, 0.2) is 22.8 Å². The van der Waals surface area contributed by atoms with Gasteiger partial charge in [-0.1, -0.05) is 15.9 Å². The zero-order valence-corrected chi connectivity index (χ0v) is 10.7. The molecule has 0 saturated heterocycles. The molecule has 16 heavy (non-hydrogen) atoms. The summed E-state index contributed by atoms with van der Waals surface area (Å²) in [6.07, 6.45) is 2.70. The third-order valence-electron chi connectivity index (χ3n) is 1.97. The summed E-state index contributed by atoms with van der Waals surface area (Å²) in [4.78, 5) is 11.4. The van der Waals surface area contributed by atoms with Crippen LogP contribution in [0.25, 0.3) is 0 Å². The number of ether oxygens (including phenoxy) is 1. The molecule has 1 heterocycles. The van der Waals surface area contributed by atoms with Crippen LogP contribution in [0.2, 0.25) is 0 Å². The van der Waals surface area contributed by atoms with E-state index in [4.69, 9.17) is 9.15 Å². The topological polar surface area (TPSA) is 51.5 Å². The van der Waals surface area contributed by atoms with E-state index in [1.54, 1.807) is 6.26 Å². The first kappa shape index (κ1) is 13.3. The van der Waals surface area contributed by atoms with Gasteiger partial charge in [0.05, 0.1) is 19.5 Å². The molecule has 1 aromatic heterocycles. The fourth-order valence-electron chi connectivity index (χ4n) is 1.20. The lowest BCUT2D eigenvalue weighted by Crippen LogP contribution is -2.27. The molecular weight excluding hydrogens is 274 g/mol. The average Bonchev–Trinajstić information content (AvgIpc) is 2.79. The maximum absolute atomic E-state index is 11.4. The highest BCUT2D eigenvalue weighted by Gasteiger charge is 2.02. The molecule has 0 fully saturated rings. The smallest absolute Gasteiger partial charge is 0.220 e. The maximum atomic E-state index is 11.4. The average molecular weight is 290 g/mol. The molecule has 1 aromatic rings. The molecule has 0 aromatic carbocycles. The molecule has 0 unspecified atom stereocenters. The zero-order chi connectivity index (χ0) is 11.6. The molecule has 5 heteroatoms. The van der Waals surface area contributed by atoms with Crippen molar-refractivity contribution in [1.29, 1.82) is 0 Å². The van der Waals surface area contributed by atoms with Crippen LogP contribution in [-0.2, 0) is 16.0 Å². The van der Waals surface area contributed by atoms with E-state index in [2.05, 4.69) is 21.2 Å². The molecule has 0 aliphatic heterocycles. The number of alkyl halides is 1. The van der Waals surface area contributed by atoms with Crippen molar-refractivity contribution in [3.8, 4) is 0 Å². The SMILES string of the molecule is O=C(CCc1ccco1)NCCOCCBr. The first-order valence-electron chi connectivity index (χ1n) is 5.25. The molecule has 0 radical (unpaired) electrons. The standard InChI is InChI=1S/C11H16BrNO3/c12-5-8-15-9-6-13-11(14)4-3-10-2-1-7-16-10/h1-2,7H,3-6,8-9H2,(H,13,14). The van der Waals surface area contributed by atoms with Crippen LogP contribution in [-0.4, -0.2) is 31.0 Å². The summed E-state index contributed by atoms with van der Waals surface area (Å²) in [5.41, 5.74) is 0. The number of nitrogens with one attached hydrogen (secondary N) is 1. The van der Waals surface area contributed by atoms with Gasteiger partial charge in [-0.3, -0.25) is 4.79 Å². The minimum Gasteiger partial charge on any atom is -0.469 e. The molecule has 0 atom stereocenters. The summed E-state index contributed by atoms with van der Waals surface area (Å²) in [6.45, 7) is 1.78. The Bertz CT molecular complexity index is 287. The Labute approximate surface area is 103 Å². The Morgan fingerprint density at radius 2 is 2.38 bits per heavy atom. The van der Waals surface area contributed by atoms with Gasteiger partial charge in [-0.2, -0.15) is 0 Å². The summed E-state index contributed by atoms with van der Waals surface area (Å²) in [6, 6.07) is 3.69. The van der Waals surface area contributed by atoms with Gasteiger partial charge < -0.3 is 14.5 Å². The largest absolute Gasteiger partial charge is 0.469 e. The minimum atomic E-state index is 0.0267. The molecule has 0 aliphatic carbocycles. The van der Waals surface area contributed by atoms with Crippen molar-refractivity contribution in [1.82, 2.24) is 5.32 Å². The lowest BCUT2D eigenvalue weighted by Gasteiger charge is -2.04. The molecule has 90 valence electrons. The molecule has 0 bridgehead atoms. The van der Waals surface area contributed by atoms with Crippen molar-refractivity contribution >= 4 is 21.8 Å². The highest BCUT2D eigenvalue weighted by Crippen LogP contribution is 2.02. The lowest BCUT2D eigenvalue weighted by atomic mass is 10.2. The molecular formula is C11H16BrNO3. The third-order valence-corrected chi connectivity index (χ3v) is 2.29. The fraction of sp³-hybridized carbons (Fsp3) is 0.545. The Hall–Kier alpha value is -0.810. The monoisotopic (exact) mass is 289 g/mol. The number of carbonyl (C=O) groups is 1. The predicted molar refractivity (Wildman–Crippen MR) is 64.7 cm³/mol. The van der Waals surface area contributed by atoms with Crippen LogP contribution >= 0.6 is 15.9 Å². The predicted octanol–water partition coefficient (Wildman–Crippen LogP) is 1.74. The van der Waals surface area contributed by atoms with Gasteiger partial charge >= 0.3 is 0 Å². The van der Waals surface area contributed by atoms with E-state index in [-0.39, 0.29) is 5.91 Å². The number of hydrogen-bond donors (Lipinski definition) is 1. The lowest BCUT2D eigenvalue weighted by molar-refractivity contribution is -0.121. The number of aryl methyl sites for hydroxylation is 1. The van der Waals surface area contributed by atoms with E-state index in [1.165, 1.54) is 0 Å². The van der Waals surface area contributed by atoms with Crippen LogP contribution in [0, 0.1) is 0 Å². The number of rotatable bonds is 8. The van der Waals surface area contributed by atoms with E-state index in [9.17, 15) is 4.79 Å². The van der Waals surface area contributed by atoms with Crippen molar-refractivity contribution in [2.75, 3.05) is 25.1 Å². The molecule has 1 N–H and O–H groups in total. The molecule has 0 aliphatic rings. The Morgan fingerprint density at radius 1 is 1.50 bits per heavy atom. The number of amides is 1. The Kier molecular flexibility index (Phi) is 6.92. The van der Waals surface area contributed by atoms with Crippen molar-refractivity contribution < 1.29 is 13.9 Å². The van der Waals surface area contributed by atoms with Crippen LogP contribution in [0.3, 0.4) is 0 Å². The third kappa shape index (κ3) is 5.92. The first-order valence-corrected chi connectivity index (χ1v) is 6.38. The quantitative estimate of drug-likeness (QED) is 0.586. The highest BCUT2D eigenvalue weighted by atomic mass is 79.9. The summed E-state index contributed by atoms with van der Waals surface area (Å²) in [5, 5.41) is 3.60. The number of halogens is 1. The van der Waals surface area contributed by atoms with E-state index in [1.807, 2.05) is 12.1 Å². The van der Waals surface area contributed by atoms with Crippen molar-refractivity contribution in [3.05, 3.63) is 24.2 Å². The van der Waals surface area contributed by atoms with Crippen LogP contribution in [0.4, 0.5) is 0 Å². The second-order valence-corrected chi connectivity index (χ2v) is 4.02. The van der Waals surface area contributed by atoms with Gasteiger partial charge in [0, 0.05) is 24.7 Å². The second kappa shape index (κ2) is 8.35. The molecule has 1 rings (SSSR count). The number of hydrogen-bond acceptors (Lipinski definition) is 3.